The van der Waals surface area contributed by atoms with Gasteiger partial charge in [0.2, 0.25) is 0 Å². The monoisotopic (exact) mass is 213 g/mol. The molecule has 0 aliphatic heterocycles. The molecule has 0 radical (unpaired) electrons. The molecule has 1 aromatic heterocycles. The van der Waals surface area contributed by atoms with Crippen LogP contribution in [0.2, 0.25) is 0 Å². The summed E-state index contributed by atoms with van der Waals surface area (Å²) in [6, 6.07) is 3.70. The Kier molecular flexibility index (Phi) is 3.29. The normalized spacial score (nSPS) is 11.4. The Morgan fingerprint density at radius 2 is 2.21 bits per heavy atom. The van der Waals surface area contributed by atoms with Crippen molar-refractivity contribution in [2.24, 2.45) is 5.73 Å². The van der Waals surface area contributed by atoms with Crippen molar-refractivity contribution in [1.82, 2.24) is 0 Å². The molecule has 1 heterocycles. The number of ether oxygens (including phenoxy) is 1. The molecule has 3 nitrogen and oxygen atoms in total. The minimum atomic E-state index is -0.281. The van der Waals surface area contributed by atoms with Crippen LogP contribution in [0.5, 0.6) is 0 Å². The zero-order valence-corrected chi connectivity index (χ0v) is 9.48. The fraction of sp³-hybridized carbons (Fsp3) is 0.500. The van der Waals surface area contributed by atoms with Gasteiger partial charge in [-0.05, 0) is 32.4 Å². The van der Waals surface area contributed by atoms with Crippen LogP contribution in [0.25, 0.3) is 0 Å². The molecule has 1 rings (SSSR count). The van der Waals surface area contributed by atoms with E-state index in [0.29, 0.717) is 4.88 Å². The number of methoxy groups -OCH3 is 1. The van der Waals surface area contributed by atoms with E-state index in [4.69, 9.17) is 5.73 Å². The highest BCUT2D eigenvalue weighted by atomic mass is 32.1. The summed E-state index contributed by atoms with van der Waals surface area (Å²) in [6.45, 7) is 3.93. The van der Waals surface area contributed by atoms with Crippen LogP contribution in [-0.2, 0) is 11.2 Å². The van der Waals surface area contributed by atoms with Crippen molar-refractivity contribution in [1.29, 1.82) is 0 Å². The van der Waals surface area contributed by atoms with E-state index in [2.05, 4.69) is 4.74 Å². The summed E-state index contributed by atoms with van der Waals surface area (Å²) in [7, 11) is 1.38. The van der Waals surface area contributed by atoms with Crippen LogP contribution >= 0.6 is 11.3 Å². The smallest absolute Gasteiger partial charge is 0.348 e. The van der Waals surface area contributed by atoms with Gasteiger partial charge in [0.25, 0.3) is 0 Å². The summed E-state index contributed by atoms with van der Waals surface area (Å²) in [5, 5.41) is 0. The third-order valence-corrected chi connectivity index (χ3v) is 2.74. The maximum Gasteiger partial charge on any atom is 0.348 e. The van der Waals surface area contributed by atoms with Gasteiger partial charge in [-0.25, -0.2) is 4.79 Å². The van der Waals surface area contributed by atoms with Crippen LogP contribution in [0.4, 0.5) is 0 Å². The maximum absolute atomic E-state index is 11.1. The zero-order valence-electron chi connectivity index (χ0n) is 8.66. The average Bonchev–Trinajstić information content (AvgIpc) is 2.48. The standard InChI is InChI=1S/C10H15NO2S/c1-10(2,11)6-7-4-5-8(14-7)9(12)13-3/h4-5H,6,11H2,1-3H3. The first kappa shape index (κ1) is 11.2. The molecule has 4 heteroatoms. The summed E-state index contributed by atoms with van der Waals surface area (Å²) >= 11 is 1.44. The SMILES string of the molecule is COC(=O)c1ccc(CC(C)(C)N)s1. The minimum absolute atomic E-state index is 0.238. The Morgan fingerprint density at radius 1 is 1.57 bits per heavy atom. The first-order valence-corrected chi connectivity index (χ1v) is 5.20. The molecule has 0 unspecified atom stereocenters. The van der Waals surface area contributed by atoms with Crippen molar-refractivity contribution in [3.63, 3.8) is 0 Å². The number of thiophene rings is 1. The lowest BCUT2D eigenvalue weighted by Crippen LogP contribution is -2.33. The largest absolute Gasteiger partial charge is 0.465 e. The highest BCUT2D eigenvalue weighted by Crippen LogP contribution is 2.20. The van der Waals surface area contributed by atoms with Gasteiger partial charge in [-0.3, -0.25) is 0 Å². The molecular formula is C10H15NO2S. The van der Waals surface area contributed by atoms with E-state index in [1.54, 1.807) is 6.07 Å². The highest BCUT2D eigenvalue weighted by molar-refractivity contribution is 7.13. The van der Waals surface area contributed by atoms with Crippen molar-refractivity contribution in [3.8, 4) is 0 Å². The van der Waals surface area contributed by atoms with Gasteiger partial charge in [-0.1, -0.05) is 0 Å². The Bertz CT molecular complexity index is 325. The molecule has 0 saturated carbocycles. The van der Waals surface area contributed by atoms with Gasteiger partial charge in [0.1, 0.15) is 4.88 Å². The van der Waals surface area contributed by atoms with Crippen LogP contribution in [0, 0.1) is 0 Å². The number of hydrogen-bond donors (Lipinski definition) is 1. The molecule has 1 aromatic rings. The van der Waals surface area contributed by atoms with Crippen LogP contribution in [0.15, 0.2) is 12.1 Å². The number of esters is 1. The van der Waals surface area contributed by atoms with Crippen molar-refractivity contribution >= 4 is 17.3 Å². The molecule has 0 bridgehead atoms. The van der Waals surface area contributed by atoms with Crippen molar-refractivity contribution in [2.75, 3.05) is 7.11 Å². The molecule has 0 atom stereocenters. The third kappa shape index (κ3) is 3.12. The number of rotatable bonds is 3. The second-order valence-corrected chi connectivity index (χ2v) is 5.09. The second-order valence-electron chi connectivity index (χ2n) is 3.92. The lowest BCUT2D eigenvalue weighted by molar-refractivity contribution is 0.0606. The molecular weight excluding hydrogens is 198 g/mol. The molecule has 0 aromatic carbocycles. The molecule has 2 N–H and O–H groups in total. The lowest BCUT2D eigenvalue weighted by atomic mass is 10.0. The molecule has 0 spiro atoms. The van der Waals surface area contributed by atoms with E-state index in [1.165, 1.54) is 18.4 Å². The third-order valence-electron chi connectivity index (χ3n) is 1.68. The zero-order chi connectivity index (χ0) is 10.8. The Labute approximate surface area is 87.9 Å². The van der Waals surface area contributed by atoms with Gasteiger partial charge in [-0.15, -0.1) is 11.3 Å². The van der Waals surface area contributed by atoms with Crippen LogP contribution in [0.3, 0.4) is 0 Å². The van der Waals surface area contributed by atoms with Gasteiger partial charge in [0.15, 0.2) is 0 Å². The van der Waals surface area contributed by atoms with Crippen molar-refractivity contribution < 1.29 is 9.53 Å². The topological polar surface area (TPSA) is 52.3 Å². The first-order chi connectivity index (χ1) is 6.42. The fourth-order valence-corrected chi connectivity index (χ4v) is 2.30. The Balaban J connectivity index is 2.74. The van der Waals surface area contributed by atoms with E-state index in [1.807, 2.05) is 19.9 Å². The van der Waals surface area contributed by atoms with Crippen molar-refractivity contribution in [3.05, 3.63) is 21.9 Å². The number of hydrogen-bond acceptors (Lipinski definition) is 4. The lowest BCUT2D eigenvalue weighted by Gasteiger charge is -2.16. The van der Waals surface area contributed by atoms with E-state index in [-0.39, 0.29) is 11.5 Å². The number of nitrogens with two attached hydrogens (primary N) is 1. The molecule has 0 saturated heterocycles. The summed E-state index contributed by atoms with van der Waals surface area (Å²) in [6.07, 6.45) is 0.772. The molecule has 0 aliphatic rings. The maximum atomic E-state index is 11.1. The number of carbonyl (C=O) groups excluding carboxylic acids is 1. The predicted octanol–water partition coefficient (Wildman–Crippen LogP) is 1.81. The van der Waals surface area contributed by atoms with E-state index < -0.39 is 0 Å². The number of carbonyl (C=O) groups is 1. The van der Waals surface area contributed by atoms with Crippen LogP contribution in [-0.4, -0.2) is 18.6 Å². The molecule has 0 fully saturated rings. The minimum Gasteiger partial charge on any atom is -0.465 e. The van der Waals surface area contributed by atoms with E-state index in [9.17, 15) is 4.79 Å². The van der Waals surface area contributed by atoms with Crippen LogP contribution in [0.1, 0.15) is 28.4 Å². The summed E-state index contributed by atoms with van der Waals surface area (Å²) < 4.78 is 4.62. The van der Waals surface area contributed by atoms with Crippen LogP contribution < -0.4 is 5.73 Å². The van der Waals surface area contributed by atoms with E-state index in [0.717, 1.165) is 11.3 Å². The molecule has 78 valence electrons. The van der Waals surface area contributed by atoms with Gasteiger partial charge in [0, 0.05) is 10.4 Å². The summed E-state index contributed by atoms with van der Waals surface area (Å²) in [4.78, 5) is 12.9. The van der Waals surface area contributed by atoms with Gasteiger partial charge >= 0.3 is 5.97 Å². The van der Waals surface area contributed by atoms with Gasteiger partial charge in [-0.2, -0.15) is 0 Å². The molecule has 0 amide bonds. The Morgan fingerprint density at radius 3 is 2.71 bits per heavy atom. The molecule has 14 heavy (non-hydrogen) atoms. The highest BCUT2D eigenvalue weighted by Gasteiger charge is 2.15. The Hall–Kier alpha value is -0.870. The molecule has 0 aliphatic carbocycles. The first-order valence-electron chi connectivity index (χ1n) is 4.38. The fourth-order valence-electron chi connectivity index (χ4n) is 1.13. The summed E-state index contributed by atoms with van der Waals surface area (Å²) in [5.74, 6) is -0.281. The second kappa shape index (κ2) is 4.11. The average molecular weight is 213 g/mol. The van der Waals surface area contributed by atoms with E-state index >= 15 is 0 Å². The quantitative estimate of drug-likeness (QED) is 0.779. The summed E-state index contributed by atoms with van der Waals surface area (Å²) in [5.41, 5.74) is 5.64. The van der Waals surface area contributed by atoms with Gasteiger partial charge in [0.05, 0.1) is 7.11 Å². The van der Waals surface area contributed by atoms with Crippen molar-refractivity contribution in [2.45, 2.75) is 25.8 Å². The van der Waals surface area contributed by atoms with Gasteiger partial charge < -0.3 is 10.5 Å². The predicted molar refractivity (Wildman–Crippen MR) is 57.6 cm³/mol.